The molecular formula is C19H26N4O3. The summed E-state index contributed by atoms with van der Waals surface area (Å²) in [6.45, 7) is 3.06. The predicted molar refractivity (Wildman–Crippen MR) is 95.3 cm³/mol. The van der Waals surface area contributed by atoms with Crippen molar-refractivity contribution in [1.82, 2.24) is 20.5 Å². The lowest BCUT2D eigenvalue weighted by molar-refractivity contribution is -0.148. The smallest absolute Gasteiger partial charge is 0.252 e. The molecule has 0 bridgehead atoms. The fourth-order valence-corrected chi connectivity index (χ4v) is 3.95. The molecule has 3 aliphatic rings. The second-order valence-corrected chi connectivity index (χ2v) is 7.67. The standard InChI is InChI=1S/C19H26N4O3/c24-15-12-26-17(16(21-15)14-5-4-8-20-11-14)18(25)22-19(6-7-19)13-23-9-2-1-3-10-23/h4-5,8,11,16-17H,1-3,6-7,9-10,12-13H2,(H,21,24)(H,22,25)/t16-,17+/m1/s1. The molecular weight excluding hydrogens is 332 g/mol. The number of carbonyl (C=O) groups excluding carboxylic acids is 2. The maximum atomic E-state index is 13.0. The van der Waals surface area contributed by atoms with Gasteiger partial charge < -0.3 is 20.3 Å². The number of amides is 2. The van der Waals surface area contributed by atoms with E-state index in [9.17, 15) is 9.59 Å². The molecule has 3 heterocycles. The highest BCUT2D eigenvalue weighted by Gasteiger charge is 2.48. The maximum absolute atomic E-state index is 13.0. The zero-order valence-corrected chi connectivity index (χ0v) is 14.9. The maximum Gasteiger partial charge on any atom is 0.252 e. The van der Waals surface area contributed by atoms with E-state index in [-0.39, 0.29) is 24.0 Å². The van der Waals surface area contributed by atoms with Crippen LogP contribution in [-0.2, 0) is 14.3 Å². The summed E-state index contributed by atoms with van der Waals surface area (Å²) >= 11 is 0. The van der Waals surface area contributed by atoms with Crippen LogP contribution in [0.25, 0.3) is 0 Å². The van der Waals surface area contributed by atoms with Crippen LogP contribution in [0.3, 0.4) is 0 Å². The number of pyridine rings is 1. The van der Waals surface area contributed by atoms with Gasteiger partial charge in [-0.15, -0.1) is 0 Å². The lowest BCUT2D eigenvalue weighted by Gasteiger charge is -2.34. The highest BCUT2D eigenvalue weighted by atomic mass is 16.5. The third-order valence-corrected chi connectivity index (χ3v) is 5.53. The summed E-state index contributed by atoms with van der Waals surface area (Å²) in [6, 6.07) is 3.15. The Labute approximate surface area is 153 Å². The van der Waals surface area contributed by atoms with Crippen molar-refractivity contribution in [1.29, 1.82) is 0 Å². The minimum absolute atomic E-state index is 0.0893. The van der Waals surface area contributed by atoms with E-state index < -0.39 is 12.1 Å². The summed E-state index contributed by atoms with van der Waals surface area (Å²) in [5, 5.41) is 6.10. The molecule has 140 valence electrons. The Kier molecular flexibility index (Phi) is 4.91. The molecule has 0 aromatic carbocycles. The van der Waals surface area contributed by atoms with Gasteiger partial charge in [-0.2, -0.15) is 0 Å². The van der Waals surface area contributed by atoms with Crippen LogP contribution in [0, 0.1) is 0 Å². The van der Waals surface area contributed by atoms with Crippen molar-refractivity contribution in [2.24, 2.45) is 0 Å². The summed E-state index contributed by atoms with van der Waals surface area (Å²) in [5.74, 6) is -0.356. The minimum atomic E-state index is -0.726. The van der Waals surface area contributed by atoms with Crippen molar-refractivity contribution in [3.05, 3.63) is 30.1 Å². The molecule has 3 fully saturated rings. The van der Waals surface area contributed by atoms with Gasteiger partial charge >= 0.3 is 0 Å². The number of ether oxygens (including phenoxy) is 1. The summed E-state index contributed by atoms with van der Waals surface area (Å²) in [5.41, 5.74) is 0.653. The van der Waals surface area contributed by atoms with Gasteiger partial charge in [0.1, 0.15) is 6.61 Å². The Morgan fingerprint density at radius 2 is 2.15 bits per heavy atom. The summed E-state index contributed by atoms with van der Waals surface area (Å²) in [4.78, 5) is 31.3. The molecule has 26 heavy (non-hydrogen) atoms. The monoisotopic (exact) mass is 358 g/mol. The van der Waals surface area contributed by atoms with Crippen molar-refractivity contribution in [2.45, 2.75) is 49.8 Å². The normalized spacial score (nSPS) is 28.2. The molecule has 7 heteroatoms. The molecule has 0 unspecified atom stereocenters. The number of morpholine rings is 1. The number of nitrogens with zero attached hydrogens (tertiary/aromatic N) is 2. The third-order valence-electron chi connectivity index (χ3n) is 5.53. The number of nitrogens with one attached hydrogen (secondary N) is 2. The van der Waals surface area contributed by atoms with Crippen LogP contribution < -0.4 is 10.6 Å². The number of hydrogen-bond donors (Lipinski definition) is 2. The molecule has 2 aliphatic heterocycles. The Morgan fingerprint density at radius 1 is 1.35 bits per heavy atom. The van der Waals surface area contributed by atoms with Gasteiger partial charge in [0.25, 0.3) is 5.91 Å². The number of rotatable bonds is 5. The molecule has 1 aromatic heterocycles. The van der Waals surface area contributed by atoms with Crippen LogP contribution in [0.2, 0.25) is 0 Å². The van der Waals surface area contributed by atoms with Gasteiger partial charge in [-0.1, -0.05) is 12.5 Å². The Morgan fingerprint density at radius 3 is 2.85 bits per heavy atom. The van der Waals surface area contributed by atoms with Crippen molar-refractivity contribution < 1.29 is 14.3 Å². The van der Waals surface area contributed by atoms with E-state index in [1.807, 2.05) is 6.07 Å². The highest BCUT2D eigenvalue weighted by Crippen LogP contribution is 2.37. The number of piperidine rings is 1. The molecule has 2 saturated heterocycles. The molecule has 4 rings (SSSR count). The van der Waals surface area contributed by atoms with Gasteiger partial charge in [-0.05, 0) is 50.4 Å². The molecule has 7 nitrogen and oxygen atoms in total. The lowest BCUT2D eigenvalue weighted by atomic mass is 10.00. The first kappa shape index (κ1) is 17.4. The van der Waals surface area contributed by atoms with E-state index in [4.69, 9.17) is 4.74 Å². The SMILES string of the molecule is O=C1CO[C@H](C(=O)NC2(CN3CCCCC3)CC2)[C@@H](c2cccnc2)N1. The first-order chi connectivity index (χ1) is 12.7. The van der Waals surface area contributed by atoms with E-state index in [0.717, 1.165) is 38.0 Å². The van der Waals surface area contributed by atoms with Crippen LogP contribution in [0.4, 0.5) is 0 Å². The van der Waals surface area contributed by atoms with Gasteiger partial charge in [0.05, 0.1) is 11.6 Å². The van der Waals surface area contributed by atoms with E-state index in [1.165, 1.54) is 19.3 Å². The molecule has 1 saturated carbocycles. The van der Waals surface area contributed by atoms with E-state index in [0.29, 0.717) is 0 Å². The van der Waals surface area contributed by atoms with Crippen LogP contribution >= 0.6 is 0 Å². The van der Waals surface area contributed by atoms with Crippen molar-refractivity contribution in [3.63, 3.8) is 0 Å². The summed E-state index contributed by atoms with van der Waals surface area (Å²) in [7, 11) is 0. The Balaban J connectivity index is 1.43. The van der Waals surface area contributed by atoms with Crippen LogP contribution in [0.15, 0.2) is 24.5 Å². The van der Waals surface area contributed by atoms with Crippen molar-refractivity contribution in [3.8, 4) is 0 Å². The molecule has 0 spiro atoms. The molecule has 1 aliphatic carbocycles. The molecule has 0 radical (unpaired) electrons. The summed E-state index contributed by atoms with van der Waals surface area (Å²) < 4.78 is 5.62. The molecule has 1 aromatic rings. The van der Waals surface area contributed by atoms with Crippen LogP contribution in [-0.4, -0.2) is 59.6 Å². The van der Waals surface area contributed by atoms with Gasteiger partial charge in [-0.25, -0.2) is 0 Å². The number of likely N-dealkylation sites (tertiary alicyclic amines) is 1. The van der Waals surface area contributed by atoms with Crippen LogP contribution in [0.5, 0.6) is 0 Å². The first-order valence-electron chi connectivity index (χ1n) is 9.51. The van der Waals surface area contributed by atoms with Gasteiger partial charge in [0.2, 0.25) is 5.91 Å². The average Bonchev–Trinajstić information content (AvgIpc) is 3.42. The fraction of sp³-hybridized carbons (Fsp3) is 0.632. The van der Waals surface area contributed by atoms with Crippen LogP contribution in [0.1, 0.15) is 43.7 Å². The molecule has 2 amide bonds. The average molecular weight is 358 g/mol. The third kappa shape index (κ3) is 3.88. The number of carbonyl (C=O) groups is 2. The Bertz CT molecular complexity index is 656. The van der Waals surface area contributed by atoms with Gasteiger partial charge in [0, 0.05) is 18.9 Å². The first-order valence-corrected chi connectivity index (χ1v) is 9.51. The van der Waals surface area contributed by atoms with Gasteiger partial charge in [-0.3, -0.25) is 14.6 Å². The second kappa shape index (κ2) is 7.32. The second-order valence-electron chi connectivity index (χ2n) is 7.67. The number of aromatic nitrogens is 1. The lowest BCUT2D eigenvalue weighted by Crippen LogP contribution is -2.56. The highest BCUT2D eigenvalue weighted by molar-refractivity contribution is 5.87. The summed E-state index contributed by atoms with van der Waals surface area (Å²) in [6.07, 6.45) is 8.41. The molecule has 2 N–H and O–H groups in total. The zero-order valence-electron chi connectivity index (χ0n) is 14.9. The fourth-order valence-electron chi connectivity index (χ4n) is 3.95. The van der Waals surface area contributed by atoms with Crippen molar-refractivity contribution in [2.75, 3.05) is 26.2 Å². The van der Waals surface area contributed by atoms with E-state index >= 15 is 0 Å². The zero-order chi connectivity index (χ0) is 18.0. The Hall–Kier alpha value is -1.99. The van der Waals surface area contributed by atoms with E-state index in [2.05, 4.69) is 20.5 Å². The quantitative estimate of drug-likeness (QED) is 0.812. The van der Waals surface area contributed by atoms with Crippen molar-refractivity contribution >= 4 is 11.8 Å². The van der Waals surface area contributed by atoms with E-state index in [1.54, 1.807) is 18.5 Å². The molecule has 2 atom stereocenters. The van der Waals surface area contributed by atoms with Gasteiger partial charge in [0.15, 0.2) is 6.10 Å². The largest absolute Gasteiger partial charge is 0.356 e. The minimum Gasteiger partial charge on any atom is -0.356 e. The predicted octanol–water partition coefficient (Wildman–Crippen LogP) is 0.772. The number of hydrogen-bond acceptors (Lipinski definition) is 5. The topological polar surface area (TPSA) is 83.6 Å².